The molecule has 0 spiro atoms. The van der Waals surface area contributed by atoms with Crippen LogP contribution >= 0.6 is 0 Å². The molecule has 2 N–H and O–H groups in total. The summed E-state index contributed by atoms with van der Waals surface area (Å²) in [6, 6.07) is 3.57. The van der Waals surface area contributed by atoms with E-state index >= 15 is 0 Å². The largest absolute Gasteiger partial charge is 0.419 e. The molecule has 1 aromatic heterocycles. The number of nitrogens with one attached hydrogen (secondary N) is 1. The van der Waals surface area contributed by atoms with Gasteiger partial charge in [-0.1, -0.05) is 12.1 Å². The predicted octanol–water partition coefficient (Wildman–Crippen LogP) is 4.21. The lowest BCUT2D eigenvalue weighted by Crippen LogP contribution is -2.38. The maximum absolute atomic E-state index is 14.0. The predicted molar refractivity (Wildman–Crippen MR) is 110 cm³/mol. The molecule has 5 nitrogen and oxygen atoms in total. The molecule has 1 aliphatic carbocycles. The summed E-state index contributed by atoms with van der Waals surface area (Å²) in [4.78, 5) is 4.28. The minimum absolute atomic E-state index is 0.0134. The Morgan fingerprint density at radius 2 is 1.88 bits per heavy atom. The van der Waals surface area contributed by atoms with Gasteiger partial charge in [-0.3, -0.25) is 14.9 Å². The highest BCUT2D eigenvalue weighted by molar-refractivity contribution is 5.35. The number of aliphatic hydroxyl groups is 1. The SMILES string of the molecule is OC(c1n[nH]c2c1CN(CC1CC1)CC2)N1CCC(c2cccc(F)c2C(F)(F)F)CC1. The van der Waals surface area contributed by atoms with Crippen LogP contribution in [0.25, 0.3) is 0 Å². The van der Waals surface area contributed by atoms with Crippen molar-refractivity contribution in [1.29, 1.82) is 0 Å². The summed E-state index contributed by atoms with van der Waals surface area (Å²) in [5, 5.41) is 18.5. The first-order valence-corrected chi connectivity index (χ1v) is 11.4. The summed E-state index contributed by atoms with van der Waals surface area (Å²) in [5.41, 5.74) is 1.60. The Bertz CT molecular complexity index is 963. The highest BCUT2D eigenvalue weighted by Gasteiger charge is 2.40. The number of aliphatic hydroxyl groups excluding tert-OH is 1. The Morgan fingerprint density at radius 1 is 1.12 bits per heavy atom. The lowest BCUT2D eigenvalue weighted by molar-refractivity contribution is -0.141. The van der Waals surface area contributed by atoms with E-state index in [4.69, 9.17) is 0 Å². The zero-order chi connectivity index (χ0) is 22.5. The fourth-order valence-corrected chi connectivity index (χ4v) is 5.22. The van der Waals surface area contributed by atoms with Crippen molar-refractivity contribution in [2.75, 3.05) is 26.2 Å². The van der Waals surface area contributed by atoms with E-state index < -0.39 is 29.7 Å². The fraction of sp³-hybridized carbons (Fsp3) is 0.609. The molecule has 9 heteroatoms. The normalized spacial score (nSPS) is 22.2. The molecule has 2 aliphatic heterocycles. The number of rotatable bonds is 5. The zero-order valence-electron chi connectivity index (χ0n) is 17.8. The van der Waals surface area contributed by atoms with Crippen LogP contribution in [0, 0.1) is 11.7 Å². The van der Waals surface area contributed by atoms with E-state index in [1.54, 1.807) is 0 Å². The van der Waals surface area contributed by atoms with Gasteiger partial charge < -0.3 is 5.11 Å². The Morgan fingerprint density at radius 3 is 2.56 bits per heavy atom. The lowest BCUT2D eigenvalue weighted by Gasteiger charge is -2.36. The number of hydrogen-bond donors (Lipinski definition) is 2. The second kappa shape index (κ2) is 8.43. The van der Waals surface area contributed by atoms with Gasteiger partial charge in [0.1, 0.15) is 11.5 Å². The third-order valence-corrected chi connectivity index (χ3v) is 7.15. The number of alkyl halides is 3. The second-order valence-corrected chi connectivity index (χ2v) is 9.38. The molecule has 1 unspecified atom stereocenters. The molecule has 32 heavy (non-hydrogen) atoms. The van der Waals surface area contributed by atoms with Gasteiger partial charge in [-0.15, -0.1) is 0 Å². The molecule has 174 valence electrons. The highest BCUT2D eigenvalue weighted by atomic mass is 19.4. The van der Waals surface area contributed by atoms with Gasteiger partial charge in [-0.2, -0.15) is 18.3 Å². The molecule has 1 aromatic carbocycles. The quantitative estimate of drug-likeness (QED) is 0.668. The van der Waals surface area contributed by atoms with Gasteiger partial charge in [0.15, 0.2) is 6.23 Å². The van der Waals surface area contributed by atoms with Gasteiger partial charge in [-0.05, 0) is 49.1 Å². The number of likely N-dealkylation sites (tertiary alicyclic amines) is 1. The topological polar surface area (TPSA) is 55.4 Å². The molecule has 2 aromatic rings. The van der Waals surface area contributed by atoms with Gasteiger partial charge in [-0.25, -0.2) is 4.39 Å². The molecule has 0 bridgehead atoms. The van der Waals surface area contributed by atoms with Crippen molar-refractivity contribution in [3.63, 3.8) is 0 Å². The van der Waals surface area contributed by atoms with Gasteiger partial charge in [0, 0.05) is 50.4 Å². The maximum Gasteiger partial charge on any atom is 0.419 e. The summed E-state index contributed by atoms with van der Waals surface area (Å²) < 4.78 is 54.3. The minimum atomic E-state index is -4.72. The molecule has 5 rings (SSSR count). The number of aromatic nitrogens is 2. The minimum Gasteiger partial charge on any atom is -0.372 e. The van der Waals surface area contributed by atoms with Crippen molar-refractivity contribution in [3.05, 3.63) is 52.1 Å². The Balaban J connectivity index is 1.27. The molecule has 1 saturated heterocycles. The Hall–Kier alpha value is -1.97. The van der Waals surface area contributed by atoms with E-state index in [-0.39, 0.29) is 5.56 Å². The van der Waals surface area contributed by atoms with Crippen LogP contribution in [0.3, 0.4) is 0 Å². The van der Waals surface area contributed by atoms with E-state index in [0.717, 1.165) is 49.3 Å². The number of piperidine rings is 1. The van der Waals surface area contributed by atoms with Crippen LogP contribution in [-0.2, 0) is 19.1 Å². The van der Waals surface area contributed by atoms with Gasteiger partial charge in [0.2, 0.25) is 0 Å². The van der Waals surface area contributed by atoms with E-state index in [2.05, 4.69) is 15.1 Å². The molecule has 1 saturated carbocycles. The van der Waals surface area contributed by atoms with Gasteiger partial charge >= 0.3 is 6.18 Å². The van der Waals surface area contributed by atoms with Crippen molar-refractivity contribution in [1.82, 2.24) is 20.0 Å². The number of halogens is 4. The molecular weight excluding hydrogens is 424 g/mol. The Kier molecular flexibility index (Phi) is 5.75. The molecule has 3 heterocycles. The van der Waals surface area contributed by atoms with Crippen molar-refractivity contribution in [2.24, 2.45) is 5.92 Å². The summed E-state index contributed by atoms with van der Waals surface area (Å²) in [7, 11) is 0. The third-order valence-electron chi connectivity index (χ3n) is 7.15. The van der Waals surface area contributed by atoms with Gasteiger partial charge in [0.25, 0.3) is 0 Å². The van der Waals surface area contributed by atoms with Crippen LogP contribution in [0.15, 0.2) is 18.2 Å². The molecular formula is C23H28F4N4O. The van der Waals surface area contributed by atoms with Crippen LogP contribution < -0.4 is 0 Å². The van der Waals surface area contributed by atoms with E-state index in [1.807, 2.05) is 4.90 Å². The van der Waals surface area contributed by atoms with Crippen LogP contribution in [0.1, 0.15) is 65.9 Å². The van der Waals surface area contributed by atoms with Crippen LogP contribution in [0.2, 0.25) is 0 Å². The monoisotopic (exact) mass is 452 g/mol. The standard InChI is InChI=1S/C23H28F4N4O/c24-18-3-1-2-16(20(18)23(25,26)27)15-6-10-31(11-7-15)22(32)21-17-13-30(12-14-4-5-14)9-8-19(17)28-29-21/h1-3,14-15,22,32H,4-13H2,(H,28,29). The molecule has 0 amide bonds. The van der Waals surface area contributed by atoms with Crippen LogP contribution in [0.5, 0.6) is 0 Å². The summed E-state index contributed by atoms with van der Waals surface area (Å²) >= 11 is 0. The molecule has 3 aliphatic rings. The average Bonchev–Trinajstić information content (AvgIpc) is 3.48. The molecule has 0 radical (unpaired) electrons. The van der Waals surface area contributed by atoms with Crippen molar-refractivity contribution in [2.45, 2.75) is 57.0 Å². The third kappa shape index (κ3) is 4.30. The second-order valence-electron chi connectivity index (χ2n) is 9.38. The molecule has 1 atom stereocenters. The molecule has 2 fully saturated rings. The first-order chi connectivity index (χ1) is 15.3. The van der Waals surface area contributed by atoms with Crippen LogP contribution in [-0.4, -0.2) is 51.3 Å². The van der Waals surface area contributed by atoms with Gasteiger partial charge in [0.05, 0.1) is 5.56 Å². The van der Waals surface area contributed by atoms with Crippen molar-refractivity contribution < 1.29 is 22.7 Å². The van der Waals surface area contributed by atoms with Crippen molar-refractivity contribution in [3.8, 4) is 0 Å². The number of aromatic amines is 1. The highest BCUT2D eigenvalue weighted by Crippen LogP contribution is 2.41. The number of nitrogens with zero attached hydrogens (tertiary/aromatic N) is 3. The maximum atomic E-state index is 14.0. The van der Waals surface area contributed by atoms with E-state index in [0.29, 0.717) is 31.6 Å². The fourth-order valence-electron chi connectivity index (χ4n) is 5.22. The zero-order valence-corrected chi connectivity index (χ0v) is 17.8. The van der Waals surface area contributed by atoms with Crippen LogP contribution in [0.4, 0.5) is 17.6 Å². The number of H-pyrrole nitrogens is 1. The number of fused-ring (bicyclic) bond motifs is 1. The van der Waals surface area contributed by atoms with E-state index in [1.165, 1.54) is 25.0 Å². The smallest absolute Gasteiger partial charge is 0.372 e. The lowest BCUT2D eigenvalue weighted by atomic mass is 9.86. The summed E-state index contributed by atoms with van der Waals surface area (Å²) in [6.45, 7) is 3.69. The Labute approximate surface area is 184 Å². The van der Waals surface area contributed by atoms with E-state index in [9.17, 15) is 22.7 Å². The first-order valence-electron chi connectivity index (χ1n) is 11.4. The first kappa shape index (κ1) is 21.9. The number of hydrogen-bond acceptors (Lipinski definition) is 4. The number of benzene rings is 1. The van der Waals surface area contributed by atoms with Crippen molar-refractivity contribution >= 4 is 0 Å². The summed E-state index contributed by atoms with van der Waals surface area (Å²) in [5.74, 6) is -0.829. The average molecular weight is 452 g/mol. The summed E-state index contributed by atoms with van der Waals surface area (Å²) in [6.07, 6.45) is -1.32.